The number of hydrogen-bond donors (Lipinski definition) is 1. The predicted octanol–water partition coefficient (Wildman–Crippen LogP) is 3.87. The van der Waals surface area contributed by atoms with Crippen LogP contribution < -0.4 is 4.74 Å². The predicted molar refractivity (Wildman–Crippen MR) is 78.0 cm³/mol. The van der Waals surface area contributed by atoms with E-state index in [-0.39, 0.29) is 0 Å². The van der Waals surface area contributed by atoms with Crippen molar-refractivity contribution in [2.75, 3.05) is 0 Å². The lowest BCUT2D eigenvalue weighted by atomic mass is 10.1. The number of ether oxygens (including phenoxy) is 1. The number of aliphatic hydroxyl groups is 1. The highest BCUT2D eigenvalue weighted by molar-refractivity contribution is 9.10. The Bertz CT molecular complexity index is 545. The summed E-state index contributed by atoms with van der Waals surface area (Å²) in [5.41, 5.74) is 1.81. The molecule has 0 saturated heterocycles. The molecular weight excluding hydrogens is 306 g/mol. The van der Waals surface area contributed by atoms with E-state index in [9.17, 15) is 5.11 Å². The van der Waals surface area contributed by atoms with Crippen LogP contribution in [0.25, 0.3) is 0 Å². The Hall–Kier alpha value is -1.39. The van der Waals surface area contributed by atoms with Gasteiger partial charge in [0.15, 0.2) is 0 Å². The fourth-order valence-electron chi connectivity index (χ4n) is 1.80. The van der Waals surface area contributed by atoms with E-state index in [0.29, 0.717) is 13.0 Å². The largest absolute Gasteiger partial charge is 0.488 e. The molecule has 1 heterocycles. The lowest BCUT2D eigenvalue weighted by Gasteiger charge is -2.14. The lowest BCUT2D eigenvalue weighted by molar-refractivity contribution is 0.166. The molecule has 2 rings (SSSR count). The van der Waals surface area contributed by atoms with Gasteiger partial charge in [-0.15, -0.1) is 0 Å². The van der Waals surface area contributed by atoms with E-state index < -0.39 is 6.10 Å². The SMILES string of the molecule is CC[C@@H](O)c1ccccc1OCc1cncc(Br)c1. The van der Waals surface area contributed by atoms with Gasteiger partial charge in [-0.3, -0.25) is 4.98 Å². The molecule has 4 heteroatoms. The van der Waals surface area contributed by atoms with Crippen LogP contribution in [0.2, 0.25) is 0 Å². The lowest BCUT2D eigenvalue weighted by Crippen LogP contribution is -2.02. The minimum atomic E-state index is -0.489. The van der Waals surface area contributed by atoms with Crippen molar-refractivity contribution in [3.8, 4) is 5.75 Å². The highest BCUT2D eigenvalue weighted by atomic mass is 79.9. The first-order valence-corrected chi connectivity index (χ1v) is 6.99. The molecule has 100 valence electrons. The van der Waals surface area contributed by atoms with Crippen molar-refractivity contribution in [1.29, 1.82) is 0 Å². The quantitative estimate of drug-likeness (QED) is 0.909. The van der Waals surface area contributed by atoms with Crippen LogP contribution in [0.1, 0.15) is 30.6 Å². The second kappa shape index (κ2) is 6.68. The summed E-state index contributed by atoms with van der Waals surface area (Å²) in [5.74, 6) is 0.719. The Balaban J connectivity index is 2.11. The smallest absolute Gasteiger partial charge is 0.125 e. The third kappa shape index (κ3) is 3.78. The summed E-state index contributed by atoms with van der Waals surface area (Å²) in [6, 6.07) is 9.54. The summed E-state index contributed by atoms with van der Waals surface area (Å²) in [4.78, 5) is 4.09. The highest BCUT2D eigenvalue weighted by Crippen LogP contribution is 2.27. The monoisotopic (exact) mass is 321 g/mol. The molecule has 0 radical (unpaired) electrons. The molecule has 0 aliphatic rings. The summed E-state index contributed by atoms with van der Waals surface area (Å²) >= 11 is 3.38. The number of nitrogens with zero attached hydrogens (tertiary/aromatic N) is 1. The average molecular weight is 322 g/mol. The molecule has 0 fully saturated rings. The maximum atomic E-state index is 9.95. The van der Waals surface area contributed by atoms with Gasteiger partial charge in [0.1, 0.15) is 12.4 Å². The standard InChI is InChI=1S/C15H16BrNO2/c1-2-14(18)13-5-3-4-6-15(13)19-10-11-7-12(16)9-17-8-11/h3-9,14,18H,2,10H2,1H3/t14-/m1/s1. The topological polar surface area (TPSA) is 42.4 Å². The number of aliphatic hydroxyl groups excluding tert-OH is 1. The van der Waals surface area contributed by atoms with Crippen LogP contribution >= 0.6 is 15.9 Å². The second-order valence-electron chi connectivity index (χ2n) is 4.26. The maximum Gasteiger partial charge on any atom is 0.125 e. The second-order valence-corrected chi connectivity index (χ2v) is 5.18. The molecule has 1 N–H and O–H groups in total. The third-order valence-corrected chi connectivity index (χ3v) is 3.25. The number of pyridine rings is 1. The van der Waals surface area contributed by atoms with Crippen molar-refractivity contribution >= 4 is 15.9 Å². The number of benzene rings is 1. The first kappa shape index (κ1) is 14.0. The molecule has 2 aromatic rings. The highest BCUT2D eigenvalue weighted by Gasteiger charge is 2.11. The molecule has 1 atom stereocenters. The molecule has 3 nitrogen and oxygen atoms in total. The van der Waals surface area contributed by atoms with Gasteiger partial charge in [-0.25, -0.2) is 0 Å². The Morgan fingerprint density at radius 2 is 2.11 bits per heavy atom. The zero-order valence-corrected chi connectivity index (χ0v) is 12.3. The van der Waals surface area contributed by atoms with Crippen LogP contribution in [0.3, 0.4) is 0 Å². The van der Waals surface area contributed by atoms with Crippen molar-refractivity contribution in [2.24, 2.45) is 0 Å². The van der Waals surface area contributed by atoms with Crippen LogP contribution in [0.15, 0.2) is 47.2 Å². The average Bonchev–Trinajstić information content (AvgIpc) is 2.45. The molecule has 0 spiro atoms. The molecule has 0 aliphatic carbocycles. The zero-order valence-electron chi connectivity index (χ0n) is 10.7. The van der Waals surface area contributed by atoms with E-state index in [0.717, 1.165) is 21.3 Å². The van der Waals surface area contributed by atoms with E-state index in [1.165, 1.54) is 0 Å². The van der Waals surface area contributed by atoms with Gasteiger partial charge in [-0.05, 0) is 34.5 Å². The first-order chi connectivity index (χ1) is 9.20. The molecule has 1 aromatic carbocycles. The van der Waals surface area contributed by atoms with Crippen LogP contribution in [0.4, 0.5) is 0 Å². The van der Waals surface area contributed by atoms with E-state index in [4.69, 9.17) is 4.74 Å². The van der Waals surface area contributed by atoms with Gasteiger partial charge in [-0.1, -0.05) is 25.1 Å². The molecule has 0 aliphatic heterocycles. The van der Waals surface area contributed by atoms with Gasteiger partial charge >= 0.3 is 0 Å². The molecular formula is C15H16BrNO2. The van der Waals surface area contributed by atoms with E-state index in [2.05, 4.69) is 20.9 Å². The zero-order chi connectivity index (χ0) is 13.7. The van der Waals surface area contributed by atoms with Crippen molar-refractivity contribution in [3.63, 3.8) is 0 Å². The molecule has 0 amide bonds. The summed E-state index contributed by atoms with van der Waals surface area (Å²) in [6.45, 7) is 2.37. The minimum absolute atomic E-state index is 0.430. The van der Waals surface area contributed by atoms with Crippen LogP contribution in [-0.4, -0.2) is 10.1 Å². The van der Waals surface area contributed by atoms with E-state index >= 15 is 0 Å². The number of halogens is 1. The number of para-hydroxylation sites is 1. The Morgan fingerprint density at radius 3 is 2.84 bits per heavy atom. The summed E-state index contributed by atoms with van der Waals surface area (Å²) in [6.07, 6.45) is 3.68. The van der Waals surface area contributed by atoms with Gasteiger partial charge in [0, 0.05) is 28.0 Å². The minimum Gasteiger partial charge on any atom is -0.488 e. The van der Waals surface area contributed by atoms with E-state index in [1.54, 1.807) is 12.4 Å². The Morgan fingerprint density at radius 1 is 1.32 bits per heavy atom. The number of hydrogen-bond acceptors (Lipinski definition) is 3. The molecule has 0 unspecified atom stereocenters. The van der Waals surface area contributed by atoms with Gasteiger partial charge in [0.2, 0.25) is 0 Å². The van der Waals surface area contributed by atoms with Gasteiger partial charge in [0.25, 0.3) is 0 Å². The van der Waals surface area contributed by atoms with Gasteiger partial charge in [-0.2, -0.15) is 0 Å². The fraction of sp³-hybridized carbons (Fsp3) is 0.267. The van der Waals surface area contributed by atoms with Crippen LogP contribution in [0.5, 0.6) is 5.75 Å². The Labute approximate surface area is 121 Å². The van der Waals surface area contributed by atoms with E-state index in [1.807, 2.05) is 37.3 Å². The van der Waals surface area contributed by atoms with Crippen molar-refractivity contribution in [2.45, 2.75) is 26.1 Å². The number of aromatic nitrogens is 1. The molecule has 0 bridgehead atoms. The fourth-order valence-corrected chi connectivity index (χ4v) is 2.22. The number of rotatable bonds is 5. The van der Waals surface area contributed by atoms with Crippen molar-refractivity contribution in [3.05, 3.63) is 58.3 Å². The normalized spacial score (nSPS) is 12.2. The maximum absolute atomic E-state index is 9.95. The molecule has 0 saturated carbocycles. The summed E-state index contributed by atoms with van der Waals surface area (Å²) in [5, 5.41) is 9.95. The summed E-state index contributed by atoms with van der Waals surface area (Å²) in [7, 11) is 0. The van der Waals surface area contributed by atoms with Crippen LogP contribution in [-0.2, 0) is 6.61 Å². The van der Waals surface area contributed by atoms with Crippen molar-refractivity contribution < 1.29 is 9.84 Å². The molecule has 1 aromatic heterocycles. The summed E-state index contributed by atoms with van der Waals surface area (Å²) < 4.78 is 6.71. The van der Waals surface area contributed by atoms with Crippen LogP contribution in [0, 0.1) is 0 Å². The third-order valence-electron chi connectivity index (χ3n) is 2.82. The van der Waals surface area contributed by atoms with Crippen molar-refractivity contribution in [1.82, 2.24) is 4.98 Å². The first-order valence-electron chi connectivity index (χ1n) is 6.20. The Kier molecular flexibility index (Phi) is 4.93. The van der Waals surface area contributed by atoms with Gasteiger partial charge in [0.05, 0.1) is 6.10 Å². The van der Waals surface area contributed by atoms with Gasteiger partial charge < -0.3 is 9.84 Å². The molecule has 19 heavy (non-hydrogen) atoms.